The van der Waals surface area contributed by atoms with Crippen LogP contribution in [0, 0.1) is 0 Å². The first-order chi connectivity index (χ1) is 29.8. The van der Waals surface area contributed by atoms with Crippen LogP contribution in [0.4, 0.5) is 0 Å². The topological polar surface area (TPSA) is 26.2 Å². The molecule has 2 aliphatic heterocycles. The maximum absolute atomic E-state index is 6.90. The lowest BCUT2D eigenvalue weighted by Crippen LogP contribution is -2.80. The minimum Gasteiger partial charge on any atom is -0.647 e. The Hall–Kier alpha value is -7.69. The number of rotatable bonds is 6. The largest absolute Gasteiger partial charge is 0.647 e. The fourth-order valence-electron chi connectivity index (χ4n) is 9.83. The predicted octanol–water partition coefficient (Wildman–Crippen LogP) is 8.58. The van der Waals surface area contributed by atoms with E-state index in [1.54, 1.807) is 0 Å². The van der Waals surface area contributed by atoms with Gasteiger partial charge in [0.05, 0.1) is 10.8 Å². The van der Waals surface area contributed by atoms with Crippen molar-refractivity contribution in [1.82, 2.24) is 0 Å². The van der Waals surface area contributed by atoms with Gasteiger partial charge in [0.1, 0.15) is 23.9 Å². The molecular weight excluding hydrogens is 730 g/mol. The first-order valence-corrected chi connectivity index (χ1v) is 20.7. The molecule has 8 aromatic carbocycles. The second-order valence-corrected chi connectivity index (χ2v) is 15.7. The molecule has 0 saturated heterocycles. The summed E-state index contributed by atoms with van der Waals surface area (Å²) in [7, 11) is 0. The highest BCUT2D eigenvalue weighted by atomic mass is 16.5. The van der Waals surface area contributed by atoms with E-state index < -0.39 is 13.0 Å². The molecule has 10 aromatic rings. The lowest BCUT2D eigenvalue weighted by Gasteiger charge is -2.31. The lowest BCUT2D eigenvalue weighted by molar-refractivity contribution is -0.515. The Morgan fingerprint density at radius 3 is 0.900 bits per heavy atom. The molecule has 0 spiro atoms. The van der Waals surface area contributed by atoms with E-state index in [0.29, 0.717) is 0 Å². The number of aromatic nitrogens is 2. The highest BCUT2D eigenvalue weighted by Crippen LogP contribution is 2.38. The highest BCUT2D eigenvalue weighted by Gasteiger charge is 2.51. The van der Waals surface area contributed by atoms with Gasteiger partial charge in [-0.2, -0.15) is 0 Å². The van der Waals surface area contributed by atoms with Crippen molar-refractivity contribution in [3.63, 3.8) is 0 Å². The molecule has 0 radical (unpaired) electrons. The maximum atomic E-state index is 6.90. The van der Waals surface area contributed by atoms with E-state index in [1.165, 1.54) is 54.9 Å². The van der Waals surface area contributed by atoms with Gasteiger partial charge in [-0.1, -0.05) is 204 Å². The second-order valence-electron chi connectivity index (χ2n) is 15.7. The molecule has 0 unspecified atom stereocenters. The average molecular weight is 771 g/mol. The Kier molecular flexibility index (Phi) is 8.63. The second kappa shape index (κ2) is 14.6. The van der Waals surface area contributed by atoms with Gasteiger partial charge in [0.15, 0.2) is 0 Å². The number of pyridine rings is 2. The zero-order chi connectivity index (χ0) is 39.9. The molecule has 6 heteroatoms. The molecule has 0 amide bonds. The Labute approximate surface area is 350 Å². The van der Waals surface area contributed by atoms with E-state index in [9.17, 15) is 0 Å². The van der Waals surface area contributed by atoms with Gasteiger partial charge >= 0.3 is 13.0 Å². The summed E-state index contributed by atoms with van der Waals surface area (Å²) in [6, 6.07) is 80.7. The summed E-state index contributed by atoms with van der Waals surface area (Å²) < 4.78 is 18.5. The van der Waals surface area contributed by atoms with Crippen molar-refractivity contribution in [3.8, 4) is 33.8 Å². The van der Waals surface area contributed by atoms with Crippen LogP contribution in [0.3, 0.4) is 0 Å². The number of hydrogen-bond donors (Lipinski definition) is 0. The third-order valence-electron chi connectivity index (χ3n) is 12.4. The fraction of sp³-hybridized carbons (Fsp3) is 0. The van der Waals surface area contributed by atoms with E-state index in [2.05, 4.69) is 252 Å². The molecule has 2 aromatic heterocycles. The Bertz CT molecular complexity index is 2840. The summed E-state index contributed by atoms with van der Waals surface area (Å²) in [6.45, 7) is -3.24. The van der Waals surface area contributed by atoms with Crippen LogP contribution in [0.15, 0.2) is 243 Å². The summed E-state index contributed by atoms with van der Waals surface area (Å²) in [5.74, 6) is 1.86. The molecule has 284 valence electrons. The molecule has 0 bridgehead atoms. The van der Waals surface area contributed by atoms with Crippen molar-refractivity contribution in [1.29, 1.82) is 0 Å². The smallest absolute Gasteiger partial charge is 0.513 e. The summed E-state index contributed by atoms with van der Waals surface area (Å²) in [5, 5.41) is 2.41. The van der Waals surface area contributed by atoms with Crippen molar-refractivity contribution >= 4 is 56.6 Å². The van der Waals surface area contributed by atoms with Gasteiger partial charge < -0.3 is 18.3 Å². The summed E-state index contributed by atoms with van der Waals surface area (Å²) in [4.78, 5) is 0. The molecule has 12 rings (SSSR count). The molecule has 4 heterocycles. The number of hydrogen-bond acceptors (Lipinski definition) is 2. The molecule has 4 nitrogen and oxygen atoms in total. The average Bonchev–Trinajstić information content (AvgIpc) is 3.87. The first kappa shape index (κ1) is 35.5. The van der Waals surface area contributed by atoms with E-state index in [0.717, 1.165) is 22.5 Å². The zero-order valence-electron chi connectivity index (χ0n) is 33.0. The van der Waals surface area contributed by atoms with Crippen LogP contribution >= 0.6 is 0 Å². The van der Waals surface area contributed by atoms with Gasteiger partial charge in [-0.05, 0) is 70.8 Å². The Morgan fingerprint density at radius 1 is 0.283 bits per heavy atom. The molecule has 0 atom stereocenters. The van der Waals surface area contributed by atoms with Crippen molar-refractivity contribution in [3.05, 3.63) is 243 Å². The van der Waals surface area contributed by atoms with E-state index in [-0.39, 0.29) is 0 Å². The van der Waals surface area contributed by atoms with Gasteiger partial charge in [-0.15, -0.1) is 0 Å². The van der Waals surface area contributed by atoms with Crippen molar-refractivity contribution < 1.29 is 18.3 Å². The van der Waals surface area contributed by atoms with Crippen LogP contribution in [0.2, 0.25) is 0 Å². The SMILES string of the molecule is c1ccc(-c2ccc3c4c2ccc[n+]4[B-](c2ccccc2)(c2ccccc2)O3)cc1.c1ccc(-c2ccc3c4c2ccc[n+]4[B-](c2ccccc2)(c2ccccc2)O3)cc1. The van der Waals surface area contributed by atoms with Crippen molar-refractivity contribution in [2.75, 3.05) is 0 Å². The number of nitrogens with zero attached hydrogens (tertiary/aromatic N) is 2. The zero-order valence-corrected chi connectivity index (χ0v) is 33.0. The molecule has 0 N–H and O–H groups in total. The van der Waals surface area contributed by atoms with Crippen LogP contribution in [-0.2, 0) is 0 Å². The van der Waals surface area contributed by atoms with Crippen molar-refractivity contribution in [2.45, 2.75) is 0 Å². The minimum atomic E-state index is -1.62. The van der Waals surface area contributed by atoms with Crippen LogP contribution in [0.25, 0.3) is 44.1 Å². The fourth-order valence-corrected chi connectivity index (χ4v) is 9.83. The van der Waals surface area contributed by atoms with Crippen LogP contribution < -0.4 is 40.1 Å². The third-order valence-corrected chi connectivity index (χ3v) is 12.4. The van der Waals surface area contributed by atoms with Crippen molar-refractivity contribution in [2.24, 2.45) is 0 Å². The van der Waals surface area contributed by atoms with Crippen LogP contribution in [0.1, 0.15) is 0 Å². The summed E-state index contributed by atoms with van der Waals surface area (Å²) in [6.07, 6.45) is 4.32. The third kappa shape index (κ3) is 5.56. The van der Waals surface area contributed by atoms with E-state index >= 15 is 0 Å². The first-order valence-electron chi connectivity index (χ1n) is 20.7. The van der Waals surface area contributed by atoms with Gasteiger partial charge in [0.2, 0.25) is 11.0 Å². The normalized spacial score (nSPS) is 13.9. The Morgan fingerprint density at radius 2 is 0.583 bits per heavy atom. The van der Waals surface area contributed by atoms with Crippen LogP contribution in [-0.4, -0.2) is 13.0 Å². The molecule has 0 aliphatic carbocycles. The standard InChI is InChI=1S/2C27H20BNO/c2*1-4-11-21(12-5-1)24-18-19-26-27-25(24)17-10-20-29(27)28(30-26,22-13-6-2-7-14-22)23-15-8-3-9-16-23/h2*1-20H. The molecule has 0 saturated carbocycles. The monoisotopic (exact) mass is 770 g/mol. The maximum Gasteiger partial charge on any atom is 0.513 e. The Balaban J connectivity index is 0.000000136. The van der Waals surface area contributed by atoms with E-state index in [1.807, 2.05) is 0 Å². The molecule has 60 heavy (non-hydrogen) atoms. The lowest BCUT2D eigenvalue weighted by atomic mass is 9.41. The molecule has 2 aliphatic rings. The molecular formula is C54H40B2N2O2. The van der Waals surface area contributed by atoms with E-state index in [4.69, 9.17) is 9.31 Å². The van der Waals surface area contributed by atoms with Gasteiger partial charge in [0, 0.05) is 0 Å². The summed E-state index contributed by atoms with van der Waals surface area (Å²) >= 11 is 0. The van der Waals surface area contributed by atoms with Crippen LogP contribution in [0.5, 0.6) is 11.5 Å². The van der Waals surface area contributed by atoms with Gasteiger partial charge in [-0.25, -0.2) is 0 Å². The summed E-state index contributed by atoms with van der Waals surface area (Å²) in [5.41, 5.74) is 11.8. The number of benzene rings is 8. The minimum absolute atomic E-state index is 0.929. The van der Waals surface area contributed by atoms with Gasteiger partial charge in [-0.3, -0.25) is 0 Å². The molecule has 0 fully saturated rings. The highest BCUT2D eigenvalue weighted by molar-refractivity contribution is 6.92. The van der Waals surface area contributed by atoms with Gasteiger partial charge in [0.25, 0.3) is 0 Å². The predicted molar refractivity (Wildman–Crippen MR) is 247 cm³/mol. The quantitative estimate of drug-likeness (QED) is 0.159.